The number of ether oxygens (including phenoxy) is 2. The van der Waals surface area contributed by atoms with Crippen molar-refractivity contribution in [2.24, 2.45) is 0 Å². The number of aliphatic hydroxyl groups is 3. The van der Waals surface area contributed by atoms with Crippen molar-refractivity contribution in [2.75, 3.05) is 13.2 Å². The molecule has 0 unspecified atom stereocenters. The van der Waals surface area contributed by atoms with Gasteiger partial charge in [0.15, 0.2) is 6.10 Å². The molecule has 32 heavy (non-hydrogen) atoms. The smallest absolute Gasteiger partial charge is 0.305 e. The highest BCUT2D eigenvalue weighted by atomic mass is 16.6. The fraction of sp³-hybridized carbons (Fsp3) is 0.600. The Bertz CT molecular complexity index is 607. The van der Waals surface area contributed by atoms with Crippen molar-refractivity contribution < 1.29 is 34.4 Å². The molecule has 7 nitrogen and oxygen atoms in total. The molecule has 0 amide bonds. The quantitative estimate of drug-likeness (QED) is 0.166. The van der Waals surface area contributed by atoms with Crippen LogP contribution in [0.5, 0.6) is 0 Å². The van der Waals surface area contributed by atoms with Gasteiger partial charge in [-0.1, -0.05) is 74.8 Å². The number of carbonyl (C=O) groups excluding carboxylic acids is 2. The van der Waals surface area contributed by atoms with E-state index in [1.165, 1.54) is 6.92 Å². The van der Waals surface area contributed by atoms with Crippen LogP contribution in [-0.2, 0) is 19.1 Å². The molecule has 0 fully saturated rings. The van der Waals surface area contributed by atoms with Gasteiger partial charge in [0.25, 0.3) is 0 Å². The third kappa shape index (κ3) is 19.7. The van der Waals surface area contributed by atoms with E-state index in [-0.39, 0.29) is 19.1 Å². The molecule has 3 N–H and O–H groups in total. The second kappa shape index (κ2) is 20.7. The lowest BCUT2D eigenvalue weighted by Crippen LogP contribution is -2.27. The Kier molecular flexibility index (Phi) is 19.2. The summed E-state index contributed by atoms with van der Waals surface area (Å²) < 4.78 is 9.72. The maximum atomic E-state index is 11.7. The highest BCUT2D eigenvalue weighted by Crippen LogP contribution is 2.06. The number of allylic oxidation sites excluding steroid dienone is 6. The average Bonchev–Trinajstić information content (AvgIpc) is 2.75. The minimum absolute atomic E-state index is 0.130. The summed E-state index contributed by atoms with van der Waals surface area (Å²) in [4.78, 5) is 22.5. The number of unbranched alkanes of at least 4 members (excludes halogenated alkanes) is 2. The van der Waals surface area contributed by atoms with Gasteiger partial charge in [-0.3, -0.25) is 9.59 Å². The maximum Gasteiger partial charge on any atom is 0.305 e. The van der Waals surface area contributed by atoms with Crippen molar-refractivity contribution in [3.8, 4) is 0 Å². The largest absolute Gasteiger partial charge is 0.462 e. The minimum Gasteiger partial charge on any atom is -0.462 e. The van der Waals surface area contributed by atoms with E-state index in [9.17, 15) is 19.8 Å². The fourth-order valence-corrected chi connectivity index (χ4v) is 2.65. The zero-order valence-corrected chi connectivity index (χ0v) is 19.4. The van der Waals surface area contributed by atoms with Crippen LogP contribution in [0.2, 0.25) is 0 Å². The van der Waals surface area contributed by atoms with E-state index in [4.69, 9.17) is 14.6 Å². The third-order valence-electron chi connectivity index (χ3n) is 4.38. The van der Waals surface area contributed by atoms with Crippen molar-refractivity contribution in [1.29, 1.82) is 0 Å². The van der Waals surface area contributed by atoms with Crippen molar-refractivity contribution in [3.63, 3.8) is 0 Å². The molecule has 0 saturated heterocycles. The molecule has 0 aliphatic heterocycles. The lowest BCUT2D eigenvalue weighted by Gasteiger charge is -2.14. The summed E-state index contributed by atoms with van der Waals surface area (Å²) in [6.07, 6.45) is 18.7. The molecule has 0 aliphatic rings. The van der Waals surface area contributed by atoms with Crippen molar-refractivity contribution in [2.45, 2.75) is 83.5 Å². The summed E-state index contributed by atoms with van der Waals surface area (Å²) in [7, 11) is 0. The number of esters is 2. The molecule has 0 rings (SSSR count). The van der Waals surface area contributed by atoms with Gasteiger partial charge in [0.05, 0.1) is 18.8 Å². The zero-order chi connectivity index (χ0) is 24.0. The van der Waals surface area contributed by atoms with Crippen molar-refractivity contribution in [1.82, 2.24) is 0 Å². The van der Waals surface area contributed by atoms with E-state index in [0.29, 0.717) is 12.8 Å². The van der Waals surface area contributed by atoms with Crippen LogP contribution in [-0.4, -0.2) is 58.8 Å². The van der Waals surface area contributed by atoms with E-state index in [1.807, 2.05) is 30.4 Å². The van der Waals surface area contributed by atoms with Crippen LogP contribution in [0.15, 0.2) is 48.6 Å². The molecule has 0 bridgehead atoms. The number of hydrogen-bond acceptors (Lipinski definition) is 7. The van der Waals surface area contributed by atoms with Gasteiger partial charge in [-0.2, -0.15) is 0 Å². The molecular weight excluding hydrogens is 412 g/mol. The predicted molar refractivity (Wildman–Crippen MR) is 125 cm³/mol. The topological polar surface area (TPSA) is 113 Å². The van der Waals surface area contributed by atoms with Crippen LogP contribution in [0.4, 0.5) is 0 Å². The second-order valence-electron chi connectivity index (χ2n) is 7.48. The highest BCUT2D eigenvalue weighted by Gasteiger charge is 2.14. The van der Waals surface area contributed by atoms with E-state index in [0.717, 1.165) is 32.1 Å². The highest BCUT2D eigenvalue weighted by molar-refractivity contribution is 5.69. The number of rotatable bonds is 18. The Hall–Kier alpha value is -2.22. The minimum atomic E-state index is -0.857. The molecule has 0 saturated carbocycles. The number of aliphatic hydroxyl groups excluding tert-OH is 3. The average molecular weight is 453 g/mol. The molecule has 0 heterocycles. The summed E-state index contributed by atoms with van der Waals surface area (Å²) in [6.45, 7) is 2.75. The second-order valence-corrected chi connectivity index (χ2v) is 7.48. The lowest BCUT2D eigenvalue weighted by molar-refractivity contribution is -0.159. The molecule has 0 aromatic rings. The van der Waals surface area contributed by atoms with Gasteiger partial charge in [0, 0.05) is 13.3 Å². The van der Waals surface area contributed by atoms with E-state index >= 15 is 0 Å². The summed E-state index contributed by atoms with van der Waals surface area (Å²) >= 11 is 0. The first-order valence-corrected chi connectivity index (χ1v) is 11.4. The van der Waals surface area contributed by atoms with Gasteiger partial charge in [0.1, 0.15) is 6.61 Å². The lowest BCUT2D eigenvalue weighted by atomic mass is 10.1. The maximum absolute atomic E-state index is 11.7. The number of carbonyl (C=O) groups is 2. The Morgan fingerprint density at radius 3 is 2.03 bits per heavy atom. The van der Waals surface area contributed by atoms with Crippen molar-refractivity contribution in [3.05, 3.63) is 48.6 Å². The van der Waals surface area contributed by atoms with Gasteiger partial charge >= 0.3 is 11.9 Å². The van der Waals surface area contributed by atoms with Gasteiger partial charge in [-0.05, 0) is 25.7 Å². The Morgan fingerprint density at radius 1 is 0.906 bits per heavy atom. The summed E-state index contributed by atoms with van der Waals surface area (Å²) in [5.74, 6) is -1.02. The molecule has 7 heteroatoms. The number of hydrogen-bond donors (Lipinski definition) is 3. The Balaban J connectivity index is 3.90. The van der Waals surface area contributed by atoms with Crippen LogP contribution in [0, 0.1) is 0 Å². The molecular formula is C25H40O7. The molecule has 0 aromatic heterocycles. The Labute approximate surface area is 192 Å². The zero-order valence-electron chi connectivity index (χ0n) is 19.4. The standard InChI is InChI=1S/C25H40O7/c1-3-4-10-14-22(28)15-11-8-6-5-7-9-12-16-23(29)17-13-18-25(30)31-20-24(19-26)32-21(2)27/h6-9,11-12,15-16,22-24,26,28-29H,3-5,10,13-14,17-20H2,1-2H3/b8-6-,9-7-,15-11+,16-12+/t22-,23-,24-/m0/s1. The van der Waals surface area contributed by atoms with Gasteiger partial charge < -0.3 is 24.8 Å². The van der Waals surface area contributed by atoms with Gasteiger partial charge in [-0.15, -0.1) is 0 Å². The van der Waals surface area contributed by atoms with E-state index < -0.39 is 30.8 Å². The predicted octanol–water partition coefficient (Wildman–Crippen LogP) is 3.54. The first kappa shape index (κ1) is 29.8. The Morgan fingerprint density at radius 2 is 1.50 bits per heavy atom. The van der Waals surface area contributed by atoms with Crippen LogP contribution in [0.25, 0.3) is 0 Å². The first-order chi connectivity index (χ1) is 15.4. The van der Waals surface area contributed by atoms with Crippen LogP contribution >= 0.6 is 0 Å². The fourth-order valence-electron chi connectivity index (χ4n) is 2.65. The summed E-state index contributed by atoms with van der Waals surface area (Å²) in [5.41, 5.74) is 0. The molecule has 0 aromatic carbocycles. The molecule has 0 spiro atoms. The molecule has 0 radical (unpaired) electrons. The third-order valence-corrected chi connectivity index (χ3v) is 4.38. The van der Waals surface area contributed by atoms with Crippen LogP contribution in [0.1, 0.15) is 65.2 Å². The van der Waals surface area contributed by atoms with E-state index in [1.54, 1.807) is 18.2 Å². The molecule has 0 aliphatic carbocycles. The van der Waals surface area contributed by atoms with Crippen LogP contribution < -0.4 is 0 Å². The van der Waals surface area contributed by atoms with E-state index in [2.05, 4.69) is 6.92 Å². The van der Waals surface area contributed by atoms with Gasteiger partial charge in [-0.25, -0.2) is 0 Å². The first-order valence-electron chi connectivity index (χ1n) is 11.4. The summed E-state index contributed by atoms with van der Waals surface area (Å²) in [5, 5.41) is 28.7. The van der Waals surface area contributed by atoms with Crippen LogP contribution in [0.3, 0.4) is 0 Å². The molecule has 182 valence electrons. The van der Waals surface area contributed by atoms with Crippen molar-refractivity contribution >= 4 is 11.9 Å². The monoisotopic (exact) mass is 452 g/mol. The summed E-state index contributed by atoms with van der Waals surface area (Å²) in [6, 6.07) is 0. The van der Waals surface area contributed by atoms with Gasteiger partial charge in [0.2, 0.25) is 0 Å². The SMILES string of the molecule is CCCCC[C@H](O)/C=C/C=C\C/C=C\C=C\[C@H](O)CCCC(=O)OC[C@H](CO)OC(C)=O. The normalized spacial score (nSPS) is 15.0. The molecule has 3 atom stereocenters.